The summed E-state index contributed by atoms with van der Waals surface area (Å²) in [5, 5.41) is 1.04. The van der Waals surface area contributed by atoms with Crippen LogP contribution in [0.1, 0.15) is 15.7 Å². The van der Waals surface area contributed by atoms with Gasteiger partial charge in [-0.2, -0.15) is 0 Å². The SMILES string of the molecule is Cc1cnc(Cn2c(CCl)nc3cc(Br)cnc32)s1. The maximum absolute atomic E-state index is 5.97. The number of aromatic nitrogens is 4. The normalized spacial score (nSPS) is 11.3. The van der Waals surface area contributed by atoms with E-state index < -0.39 is 0 Å². The van der Waals surface area contributed by atoms with E-state index in [1.54, 1.807) is 17.5 Å². The average Bonchev–Trinajstić information content (AvgIpc) is 2.94. The van der Waals surface area contributed by atoms with Gasteiger partial charge in [0.25, 0.3) is 0 Å². The lowest BCUT2D eigenvalue weighted by Crippen LogP contribution is -2.04. The van der Waals surface area contributed by atoms with Crippen LogP contribution in [0.2, 0.25) is 0 Å². The Morgan fingerprint density at radius 1 is 1.37 bits per heavy atom. The summed E-state index contributed by atoms with van der Waals surface area (Å²) in [5.41, 5.74) is 1.69. The van der Waals surface area contributed by atoms with E-state index >= 15 is 0 Å². The maximum atomic E-state index is 5.97. The molecule has 4 nitrogen and oxygen atoms in total. The summed E-state index contributed by atoms with van der Waals surface area (Å²) < 4.78 is 2.93. The first-order valence-corrected chi connectivity index (χ1v) is 7.79. The van der Waals surface area contributed by atoms with Crippen LogP contribution in [-0.4, -0.2) is 19.5 Å². The molecular weight excluding hydrogens is 348 g/mol. The number of hydrogen-bond acceptors (Lipinski definition) is 4. The van der Waals surface area contributed by atoms with Crippen molar-refractivity contribution < 1.29 is 0 Å². The van der Waals surface area contributed by atoms with Crippen LogP contribution < -0.4 is 0 Å². The van der Waals surface area contributed by atoms with Crippen molar-refractivity contribution in [2.75, 3.05) is 0 Å². The first-order chi connectivity index (χ1) is 9.17. The Kier molecular flexibility index (Phi) is 3.56. The number of thiazole rings is 1. The summed E-state index contributed by atoms with van der Waals surface area (Å²) in [6.07, 6.45) is 3.65. The third-order valence-corrected chi connectivity index (χ3v) is 4.28. The molecule has 0 saturated heterocycles. The predicted octanol–water partition coefficient (Wildman–Crippen LogP) is 3.75. The summed E-state index contributed by atoms with van der Waals surface area (Å²) in [7, 11) is 0. The topological polar surface area (TPSA) is 43.6 Å². The largest absolute Gasteiger partial charge is 0.305 e. The van der Waals surface area contributed by atoms with Crippen molar-refractivity contribution in [3.8, 4) is 0 Å². The van der Waals surface area contributed by atoms with Crippen LogP contribution in [0.5, 0.6) is 0 Å². The lowest BCUT2D eigenvalue weighted by Gasteiger charge is -2.04. The first kappa shape index (κ1) is 13.0. The highest BCUT2D eigenvalue weighted by Crippen LogP contribution is 2.22. The predicted molar refractivity (Wildman–Crippen MR) is 80.7 cm³/mol. The van der Waals surface area contributed by atoms with E-state index in [2.05, 4.69) is 30.9 Å². The molecule has 98 valence electrons. The number of aryl methyl sites for hydroxylation is 1. The molecule has 3 aromatic heterocycles. The second-order valence-corrected chi connectivity index (χ2v) is 6.61. The van der Waals surface area contributed by atoms with Gasteiger partial charge in [0.1, 0.15) is 16.3 Å². The molecule has 0 N–H and O–H groups in total. The van der Waals surface area contributed by atoms with Gasteiger partial charge in [-0.3, -0.25) is 0 Å². The van der Waals surface area contributed by atoms with E-state index in [0.29, 0.717) is 12.4 Å². The lowest BCUT2D eigenvalue weighted by molar-refractivity contribution is 0.765. The van der Waals surface area contributed by atoms with Crippen LogP contribution in [-0.2, 0) is 12.4 Å². The van der Waals surface area contributed by atoms with Crippen molar-refractivity contribution in [1.29, 1.82) is 0 Å². The van der Waals surface area contributed by atoms with Gasteiger partial charge >= 0.3 is 0 Å². The Balaban J connectivity index is 2.10. The summed E-state index contributed by atoms with van der Waals surface area (Å²) in [6.45, 7) is 2.71. The van der Waals surface area contributed by atoms with E-state index in [0.717, 1.165) is 26.5 Å². The zero-order chi connectivity index (χ0) is 13.4. The highest BCUT2D eigenvalue weighted by Gasteiger charge is 2.13. The standard InChI is InChI=1S/C12H10BrClN4S/c1-7-4-15-11(19-7)6-18-10(3-14)17-9-2-8(13)5-16-12(9)18/h2,4-5H,3,6H2,1H3. The van der Waals surface area contributed by atoms with Crippen LogP contribution in [0.25, 0.3) is 11.2 Å². The number of imidazole rings is 1. The molecule has 0 unspecified atom stereocenters. The van der Waals surface area contributed by atoms with E-state index in [1.165, 1.54) is 4.88 Å². The van der Waals surface area contributed by atoms with Crippen LogP contribution in [0, 0.1) is 6.92 Å². The number of nitrogens with zero attached hydrogens (tertiary/aromatic N) is 4. The molecule has 0 atom stereocenters. The quantitative estimate of drug-likeness (QED) is 0.671. The fourth-order valence-electron chi connectivity index (χ4n) is 1.91. The molecular formula is C12H10BrClN4S. The van der Waals surface area contributed by atoms with E-state index in [9.17, 15) is 0 Å². The maximum Gasteiger partial charge on any atom is 0.160 e. The van der Waals surface area contributed by atoms with Gasteiger partial charge in [0.05, 0.1) is 12.4 Å². The minimum atomic E-state index is 0.359. The van der Waals surface area contributed by atoms with E-state index in [1.807, 2.05) is 23.8 Å². The number of rotatable bonds is 3. The van der Waals surface area contributed by atoms with Gasteiger partial charge in [-0.1, -0.05) is 0 Å². The number of hydrogen-bond donors (Lipinski definition) is 0. The van der Waals surface area contributed by atoms with Gasteiger partial charge in [0.15, 0.2) is 5.65 Å². The Morgan fingerprint density at radius 2 is 2.21 bits per heavy atom. The van der Waals surface area contributed by atoms with Gasteiger partial charge in [-0.25, -0.2) is 15.0 Å². The summed E-state index contributed by atoms with van der Waals surface area (Å²) in [4.78, 5) is 14.5. The first-order valence-electron chi connectivity index (χ1n) is 5.65. The lowest BCUT2D eigenvalue weighted by atomic mass is 10.4. The monoisotopic (exact) mass is 356 g/mol. The van der Waals surface area contributed by atoms with Crippen LogP contribution in [0.15, 0.2) is 22.9 Å². The third kappa shape index (κ3) is 2.52. The molecule has 19 heavy (non-hydrogen) atoms. The zero-order valence-corrected chi connectivity index (χ0v) is 13.3. The van der Waals surface area contributed by atoms with Crippen LogP contribution >= 0.6 is 38.9 Å². The number of alkyl halides is 1. The minimum Gasteiger partial charge on any atom is -0.305 e. The summed E-state index contributed by atoms with van der Waals surface area (Å²) >= 11 is 11.1. The highest BCUT2D eigenvalue weighted by atomic mass is 79.9. The molecule has 0 aromatic carbocycles. The molecule has 0 aliphatic rings. The molecule has 0 aliphatic heterocycles. The smallest absolute Gasteiger partial charge is 0.160 e. The molecule has 3 heterocycles. The van der Waals surface area contributed by atoms with E-state index in [-0.39, 0.29) is 0 Å². The molecule has 7 heteroatoms. The minimum absolute atomic E-state index is 0.359. The zero-order valence-electron chi connectivity index (χ0n) is 10.1. The molecule has 0 bridgehead atoms. The van der Waals surface area contributed by atoms with Crippen molar-refractivity contribution in [2.45, 2.75) is 19.3 Å². The fourth-order valence-corrected chi connectivity index (χ4v) is 3.21. The second-order valence-electron chi connectivity index (χ2n) is 4.11. The van der Waals surface area contributed by atoms with Crippen molar-refractivity contribution in [2.24, 2.45) is 0 Å². The molecule has 0 spiro atoms. The van der Waals surface area contributed by atoms with Gasteiger partial charge < -0.3 is 4.57 Å². The summed E-state index contributed by atoms with van der Waals surface area (Å²) in [6, 6.07) is 1.95. The van der Waals surface area contributed by atoms with Crippen molar-refractivity contribution >= 4 is 50.0 Å². The van der Waals surface area contributed by atoms with Gasteiger partial charge in [-0.05, 0) is 28.9 Å². The fraction of sp³-hybridized carbons (Fsp3) is 0.250. The highest BCUT2D eigenvalue weighted by molar-refractivity contribution is 9.10. The van der Waals surface area contributed by atoms with Crippen LogP contribution in [0.3, 0.4) is 0 Å². The van der Waals surface area contributed by atoms with Crippen molar-refractivity contribution in [1.82, 2.24) is 19.5 Å². The molecule has 0 amide bonds. The Morgan fingerprint density at radius 3 is 2.89 bits per heavy atom. The van der Waals surface area contributed by atoms with Crippen LogP contribution in [0.4, 0.5) is 0 Å². The Bertz CT molecular complexity index is 736. The third-order valence-electron chi connectivity index (χ3n) is 2.71. The van der Waals surface area contributed by atoms with Gasteiger partial charge in [0.2, 0.25) is 0 Å². The van der Waals surface area contributed by atoms with Gasteiger partial charge in [-0.15, -0.1) is 22.9 Å². The number of pyridine rings is 1. The van der Waals surface area contributed by atoms with E-state index in [4.69, 9.17) is 11.6 Å². The van der Waals surface area contributed by atoms with Crippen molar-refractivity contribution in [3.05, 3.63) is 38.6 Å². The number of halogens is 2. The summed E-state index contributed by atoms with van der Waals surface area (Å²) in [5.74, 6) is 1.17. The molecule has 3 aromatic rings. The second kappa shape index (κ2) is 5.19. The molecule has 3 rings (SSSR count). The molecule has 0 fully saturated rings. The van der Waals surface area contributed by atoms with Gasteiger partial charge in [0, 0.05) is 21.7 Å². The average molecular weight is 358 g/mol. The molecule has 0 aliphatic carbocycles. The Hall–Kier alpha value is -0.980. The molecule has 0 saturated carbocycles. The Labute approximate surface area is 127 Å². The molecule has 0 radical (unpaired) electrons. The van der Waals surface area contributed by atoms with Crippen molar-refractivity contribution in [3.63, 3.8) is 0 Å². The number of fused-ring (bicyclic) bond motifs is 1.